The molecule has 0 radical (unpaired) electrons. The molecule has 1 aliphatic rings. The van der Waals surface area contributed by atoms with Crippen LogP contribution in [0.4, 0.5) is 0 Å². The van der Waals surface area contributed by atoms with E-state index in [1.165, 1.54) is 0 Å². The van der Waals surface area contributed by atoms with E-state index in [4.69, 9.17) is 0 Å². The molecule has 4 heteroatoms. The van der Waals surface area contributed by atoms with Crippen LogP contribution >= 0.6 is 0 Å². The van der Waals surface area contributed by atoms with Gasteiger partial charge in [-0.3, -0.25) is 9.69 Å². The molecule has 0 aromatic heterocycles. The SMILES string of the molecule is CCN1CCN(C/C=C/C(=O)NC)CC1. The van der Waals surface area contributed by atoms with Crippen LogP contribution in [0.25, 0.3) is 0 Å². The topological polar surface area (TPSA) is 35.6 Å². The first-order valence-corrected chi connectivity index (χ1v) is 5.59. The zero-order valence-electron chi connectivity index (χ0n) is 9.70. The summed E-state index contributed by atoms with van der Waals surface area (Å²) in [5.41, 5.74) is 0. The number of piperazine rings is 1. The molecule has 86 valence electrons. The normalized spacial score (nSPS) is 19.6. The predicted molar refractivity (Wildman–Crippen MR) is 61.8 cm³/mol. The first kappa shape index (κ1) is 12.2. The summed E-state index contributed by atoms with van der Waals surface area (Å²) in [6.45, 7) is 8.71. The molecule has 0 spiro atoms. The van der Waals surface area contributed by atoms with Gasteiger partial charge in [-0.05, 0) is 6.54 Å². The summed E-state index contributed by atoms with van der Waals surface area (Å²) in [6.07, 6.45) is 3.53. The van der Waals surface area contributed by atoms with Crippen molar-refractivity contribution in [3.8, 4) is 0 Å². The Bertz CT molecular complexity index is 220. The number of carbonyl (C=O) groups excluding carboxylic acids is 1. The van der Waals surface area contributed by atoms with Gasteiger partial charge in [0.05, 0.1) is 0 Å². The van der Waals surface area contributed by atoms with E-state index in [-0.39, 0.29) is 5.91 Å². The van der Waals surface area contributed by atoms with E-state index in [0.717, 1.165) is 39.3 Å². The third kappa shape index (κ3) is 4.44. The van der Waals surface area contributed by atoms with Crippen molar-refractivity contribution in [3.05, 3.63) is 12.2 Å². The summed E-state index contributed by atoms with van der Waals surface area (Å²) in [5, 5.41) is 2.57. The van der Waals surface area contributed by atoms with Crippen molar-refractivity contribution in [3.63, 3.8) is 0 Å². The van der Waals surface area contributed by atoms with Crippen LogP contribution in [-0.4, -0.2) is 62.0 Å². The van der Waals surface area contributed by atoms with Gasteiger partial charge in [0.15, 0.2) is 0 Å². The first-order valence-electron chi connectivity index (χ1n) is 5.59. The Morgan fingerprint density at radius 1 is 1.27 bits per heavy atom. The first-order chi connectivity index (χ1) is 7.26. The van der Waals surface area contributed by atoms with E-state index in [9.17, 15) is 4.79 Å². The van der Waals surface area contributed by atoms with E-state index in [0.29, 0.717) is 0 Å². The lowest BCUT2D eigenvalue weighted by molar-refractivity contribution is -0.116. The van der Waals surface area contributed by atoms with Gasteiger partial charge in [0.1, 0.15) is 0 Å². The van der Waals surface area contributed by atoms with Crippen LogP contribution in [0.1, 0.15) is 6.92 Å². The summed E-state index contributed by atoms with van der Waals surface area (Å²) in [5.74, 6) is -0.0257. The van der Waals surface area contributed by atoms with Gasteiger partial charge >= 0.3 is 0 Å². The molecule has 0 atom stereocenters. The molecule has 1 fully saturated rings. The van der Waals surface area contributed by atoms with Crippen molar-refractivity contribution in [1.82, 2.24) is 15.1 Å². The maximum Gasteiger partial charge on any atom is 0.243 e. The molecule has 0 bridgehead atoms. The van der Waals surface area contributed by atoms with Crippen LogP contribution < -0.4 is 5.32 Å². The van der Waals surface area contributed by atoms with Crippen molar-refractivity contribution < 1.29 is 4.79 Å². The largest absolute Gasteiger partial charge is 0.356 e. The second-order valence-corrected chi connectivity index (χ2v) is 3.75. The zero-order valence-corrected chi connectivity index (χ0v) is 9.70. The monoisotopic (exact) mass is 211 g/mol. The lowest BCUT2D eigenvalue weighted by atomic mass is 10.3. The molecule has 4 nitrogen and oxygen atoms in total. The smallest absolute Gasteiger partial charge is 0.243 e. The van der Waals surface area contributed by atoms with E-state index < -0.39 is 0 Å². The molecule has 1 aliphatic heterocycles. The Morgan fingerprint density at radius 2 is 1.87 bits per heavy atom. The Labute approximate surface area is 91.9 Å². The molecular formula is C11H21N3O. The maximum absolute atomic E-state index is 10.9. The highest BCUT2D eigenvalue weighted by Gasteiger charge is 2.13. The van der Waals surface area contributed by atoms with Gasteiger partial charge in [0, 0.05) is 45.8 Å². The van der Waals surface area contributed by atoms with E-state index in [2.05, 4.69) is 22.0 Å². The maximum atomic E-state index is 10.9. The van der Waals surface area contributed by atoms with Gasteiger partial charge in [-0.15, -0.1) is 0 Å². The average Bonchev–Trinajstić information content (AvgIpc) is 2.29. The number of likely N-dealkylation sites (N-methyl/N-ethyl adjacent to an activating group) is 2. The molecule has 1 N–H and O–H groups in total. The van der Waals surface area contributed by atoms with Gasteiger partial charge < -0.3 is 10.2 Å². The Kier molecular flexibility index (Phi) is 5.36. The molecule has 0 aliphatic carbocycles. The van der Waals surface area contributed by atoms with E-state index >= 15 is 0 Å². The van der Waals surface area contributed by atoms with Gasteiger partial charge in [-0.25, -0.2) is 0 Å². The molecule has 1 amide bonds. The van der Waals surface area contributed by atoms with Crippen molar-refractivity contribution in [2.75, 3.05) is 46.3 Å². The fourth-order valence-electron chi connectivity index (χ4n) is 1.68. The fraction of sp³-hybridized carbons (Fsp3) is 0.727. The lowest BCUT2D eigenvalue weighted by Gasteiger charge is -2.33. The molecule has 1 rings (SSSR count). The summed E-state index contributed by atoms with van der Waals surface area (Å²) < 4.78 is 0. The fourth-order valence-corrected chi connectivity index (χ4v) is 1.68. The highest BCUT2D eigenvalue weighted by molar-refractivity contribution is 5.87. The highest BCUT2D eigenvalue weighted by Crippen LogP contribution is 2.00. The van der Waals surface area contributed by atoms with Crippen molar-refractivity contribution in [2.45, 2.75) is 6.92 Å². The van der Waals surface area contributed by atoms with Gasteiger partial charge in [-0.2, -0.15) is 0 Å². The van der Waals surface area contributed by atoms with E-state index in [1.807, 2.05) is 6.08 Å². The number of nitrogens with zero attached hydrogens (tertiary/aromatic N) is 2. The predicted octanol–water partition coefficient (Wildman–Crippen LogP) is -0.0739. The van der Waals surface area contributed by atoms with Crippen LogP contribution in [0, 0.1) is 0 Å². The van der Waals surface area contributed by atoms with E-state index in [1.54, 1.807) is 13.1 Å². The number of carbonyl (C=O) groups is 1. The molecule has 0 saturated carbocycles. The van der Waals surface area contributed by atoms with Gasteiger partial charge in [0.25, 0.3) is 0 Å². The second-order valence-electron chi connectivity index (χ2n) is 3.75. The van der Waals surface area contributed by atoms with Crippen LogP contribution in [-0.2, 0) is 4.79 Å². The number of hydrogen-bond donors (Lipinski definition) is 1. The Balaban J connectivity index is 2.18. The third-order valence-corrected chi connectivity index (χ3v) is 2.79. The van der Waals surface area contributed by atoms with Crippen LogP contribution in [0.15, 0.2) is 12.2 Å². The summed E-state index contributed by atoms with van der Waals surface area (Å²) in [7, 11) is 1.65. The number of amides is 1. The summed E-state index contributed by atoms with van der Waals surface area (Å²) in [6, 6.07) is 0. The zero-order chi connectivity index (χ0) is 11.1. The standard InChI is InChI=1S/C11H21N3O/c1-3-13-7-9-14(10-8-13)6-4-5-11(15)12-2/h4-5H,3,6-10H2,1-2H3,(H,12,15)/b5-4+. The minimum Gasteiger partial charge on any atom is -0.356 e. The third-order valence-electron chi connectivity index (χ3n) is 2.79. The number of nitrogens with one attached hydrogen (secondary N) is 1. The van der Waals surface area contributed by atoms with Crippen LogP contribution in [0.3, 0.4) is 0 Å². The molecule has 1 heterocycles. The minimum atomic E-state index is -0.0257. The highest BCUT2D eigenvalue weighted by atomic mass is 16.1. The molecular weight excluding hydrogens is 190 g/mol. The number of hydrogen-bond acceptors (Lipinski definition) is 3. The molecule has 0 unspecified atom stereocenters. The lowest BCUT2D eigenvalue weighted by Crippen LogP contribution is -2.46. The van der Waals surface area contributed by atoms with Crippen molar-refractivity contribution in [1.29, 1.82) is 0 Å². The van der Waals surface area contributed by atoms with Crippen LogP contribution in [0.2, 0.25) is 0 Å². The molecule has 0 aromatic carbocycles. The average molecular weight is 211 g/mol. The summed E-state index contributed by atoms with van der Waals surface area (Å²) >= 11 is 0. The van der Waals surface area contributed by atoms with Crippen LogP contribution in [0.5, 0.6) is 0 Å². The quantitative estimate of drug-likeness (QED) is 0.661. The Morgan fingerprint density at radius 3 is 2.40 bits per heavy atom. The second kappa shape index (κ2) is 6.58. The van der Waals surface area contributed by atoms with Gasteiger partial charge in [-0.1, -0.05) is 13.0 Å². The molecule has 1 saturated heterocycles. The van der Waals surface area contributed by atoms with Crippen molar-refractivity contribution in [2.24, 2.45) is 0 Å². The Hall–Kier alpha value is -0.870. The number of rotatable bonds is 4. The molecule has 0 aromatic rings. The minimum absolute atomic E-state index is 0.0257. The molecule has 15 heavy (non-hydrogen) atoms. The van der Waals surface area contributed by atoms with Gasteiger partial charge in [0.2, 0.25) is 5.91 Å². The van der Waals surface area contributed by atoms with Crippen molar-refractivity contribution >= 4 is 5.91 Å². The summed E-state index contributed by atoms with van der Waals surface area (Å²) in [4.78, 5) is 15.7.